The van der Waals surface area contributed by atoms with Crippen LogP contribution in [0.25, 0.3) is 0 Å². The van der Waals surface area contributed by atoms with Crippen molar-refractivity contribution < 1.29 is 19.9 Å². The van der Waals surface area contributed by atoms with Crippen LogP contribution >= 0.6 is 0 Å². The first-order valence-electron chi connectivity index (χ1n) is 8.50. The summed E-state index contributed by atoms with van der Waals surface area (Å²) in [6, 6.07) is 5.70. The zero-order valence-electron chi connectivity index (χ0n) is 14.6. The third-order valence-corrected chi connectivity index (χ3v) is 4.37. The molecule has 2 rings (SSSR count). The predicted octanol–water partition coefficient (Wildman–Crippen LogP) is 0.259. The summed E-state index contributed by atoms with van der Waals surface area (Å²) in [6.07, 6.45) is 0.539. The average Bonchev–Trinajstić information content (AvgIpc) is 2.65. The third-order valence-electron chi connectivity index (χ3n) is 4.37. The van der Waals surface area contributed by atoms with Crippen molar-refractivity contribution >= 4 is 17.6 Å². The minimum Gasteiger partial charge on any atom is -0.382 e. The van der Waals surface area contributed by atoms with Gasteiger partial charge in [-0.3, -0.25) is 14.8 Å². The van der Waals surface area contributed by atoms with E-state index in [1.165, 1.54) is 5.48 Å². The normalized spacial score (nSPS) is 17.3. The first-order chi connectivity index (χ1) is 11.9. The maximum Gasteiger partial charge on any atom is 0.272 e. The number of carbonyl (C=O) groups is 2. The van der Waals surface area contributed by atoms with Gasteiger partial charge in [0.15, 0.2) is 0 Å². The van der Waals surface area contributed by atoms with Crippen LogP contribution in [-0.2, 0) is 9.59 Å². The van der Waals surface area contributed by atoms with Gasteiger partial charge in [-0.2, -0.15) is 0 Å². The van der Waals surface area contributed by atoms with Crippen LogP contribution in [0, 0.1) is 11.8 Å². The highest BCUT2D eigenvalue weighted by atomic mass is 16.5. The van der Waals surface area contributed by atoms with Crippen LogP contribution < -0.4 is 10.4 Å². The fourth-order valence-electron chi connectivity index (χ4n) is 3.05. The molecule has 0 radical (unpaired) electrons. The van der Waals surface area contributed by atoms with Crippen molar-refractivity contribution in [2.45, 2.75) is 26.4 Å². The molecule has 2 amide bonds. The lowest BCUT2D eigenvalue weighted by atomic mass is 9.90. The number of hydrogen-bond donors (Lipinski definition) is 3. The summed E-state index contributed by atoms with van der Waals surface area (Å²) in [5.41, 5.74) is 1.43. The number of pyridine rings is 1. The van der Waals surface area contributed by atoms with E-state index in [4.69, 9.17) is 5.21 Å². The zero-order chi connectivity index (χ0) is 18.4. The Morgan fingerprint density at radius 2 is 1.92 bits per heavy atom. The summed E-state index contributed by atoms with van der Waals surface area (Å²) >= 11 is 0. The molecule has 3 N–H and O–H groups in total. The summed E-state index contributed by atoms with van der Waals surface area (Å²) in [5, 5.41) is 18.9. The van der Waals surface area contributed by atoms with Crippen molar-refractivity contribution in [2.75, 3.05) is 31.1 Å². The predicted molar refractivity (Wildman–Crippen MR) is 91.9 cm³/mol. The van der Waals surface area contributed by atoms with Crippen molar-refractivity contribution in [1.29, 1.82) is 0 Å². The summed E-state index contributed by atoms with van der Waals surface area (Å²) in [5.74, 6) is -1.08. The van der Waals surface area contributed by atoms with Gasteiger partial charge in [0.05, 0.1) is 5.92 Å². The first-order valence-corrected chi connectivity index (χ1v) is 8.50. The number of amides is 2. The van der Waals surface area contributed by atoms with Crippen LogP contribution in [0.15, 0.2) is 24.4 Å². The quantitative estimate of drug-likeness (QED) is 0.502. The second kappa shape index (κ2) is 8.77. The monoisotopic (exact) mass is 350 g/mol. The largest absolute Gasteiger partial charge is 0.382 e. The number of rotatable bonds is 6. The molecule has 2 heterocycles. The standard InChI is InChI=1S/C17H26N4O4/c1-12(2)11-13(15(22)16(23)19-25)17(24)21-9-7-20(8-10-21)14-5-3-4-6-18-14/h3-6,12-13,15,22,25H,7-11H2,1-2H3,(H,19,23)/t13-,15+/m0/s1. The van der Waals surface area contributed by atoms with Crippen molar-refractivity contribution in [3.63, 3.8) is 0 Å². The second-order valence-electron chi connectivity index (χ2n) is 6.66. The van der Waals surface area contributed by atoms with Crippen LogP contribution in [0.5, 0.6) is 0 Å². The molecule has 1 fully saturated rings. The van der Waals surface area contributed by atoms with E-state index in [0.717, 1.165) is 5.82 Å². The number of piperazine rings is 1. The zero-order valence-corrected chi connectivity index (χ0v) is 14.6. The van der Waals surface area contributed by atoms with E-state index in [0.29, 0.717) is 32.6 Å². The Morgan fingerprint density at radius 1 is 1.24 bits per heavy atom. The fraction of sp³-hybridized carbons (Fsp3) is 0.588. The molecule has 1 aromatic heterocycles. The average molecular weight is 350 g/mol. The number of hydrogen-bond acceptors (Lipinski definition) is 6. The molecule has 8 heteroatoms. The minimum absolute atomic E-state index is 0.130. The minimum atomic E-state index is -1.56. The summed E-state index contributed by atoms with van der Waals surface area (Å²) < 4.78 is 0. The molecule has 0 aromatic carbocycles. The Labute approximate surface area is 147 Å². The lowest BCUT2D eigenvalue weighted by Crippen LogP contribution is -2.53. The van der Waals surface area contributed by atoms with Gasteiger partial charge in [0.2, 0.25) is 5.91 Å². The lowest BCUT2D eigenvalue weighted by molar-refractivity contribution is -0.151. The number of aliphatic hydroxyl groups is 1. The number of nitrogens with one attached hydrogen (secondary N) is 1. The van der Waals surface area contributed by atoms with Crippen LogP contribution in [0.1, 0.15) is 20.3 Å². The lowest BCUT2D eigenvalue weighted by Gasteiger charge is -2.37. The molecule has 1 aliphatic heterocycles. The molecule has 8 nitrogen and oxygen atoms in total. The summed E-state index contributed by atoms with van der Waals surface area (Å²) in [7, 11) is 0. The van der Waals surface area contributed by atoms with E-state index in [1.54, 1.807) is 11.1 Å². The Kier molecular flexibility index (Phi) is 6.72. The van der Waals surface area contributed by atoms with Crippen LogP contribution in [0.4, 0.5) is 5.82 Å². The summed E-state index contributed by atoms with van der Waals surface area (Å²) in [6.45, 7) is 6.11. The van der Waals surface area contributed by atoms with E-state index in [9.17, 15) is 14.7 Å². The number of anilines is 1. The maximum atomic E-state index is 12.8. The smallest absolute Gasteiger partial charge is 0.272 e. The van der Waals surface area contributed by atoms with E-state index < -0.39 is 17.9 Å². The Morgan fingerprint density at radius 3 is 2.44 bits per heavy atom. The molecule has 0 saturated carbocycles. The molecule has 25 heavy (non-hydrogen) atoms. The van der Waals surface area contributed by atoms with E-state index in [-0.39, 0.29) is 11.8 Å². The highest BCUT2D eigenvalue weighted by Crippen LogP contribution is 2.21. The third kappa shape index (κ3) is 4.90. The molecule has 0 spiro atoms. The van der Waals surface area contributed by atoms with E-state index >= 15 is 0 Å². The molecular weight excluding hydrogens is 324 g/mol. The Bertz CT molecular complexity index is 573. The highest BCUT2D eigenvalue weighted by molar-refractivity contribution is 5.88. The fourth-order valence-corrected chi connectivity index (χ4v) is 3.05. The van der Waals surface area contributed by atoms with Gasteiger partial charge in [0.1, 0.15) is 11.9 Å². The van der Waals surface area contributed by atoms with Gasteiger partial charge in [0.25, 0.3) is 5.91 Å². The molecule has 138 valence electrons. The van der Waals surface area contributed by atoms with Gasteiger partial charge in [-0.05, 0) is 24.5 Å². The Balaban J connectivity index is 2.01. The van der Waals surface area contributed by atoms with Gasteiger partial charge in [-0.25, -0.2) is 10.5 Å². The number of carbonyl (C=O) groups excluding carboxylic acids is 2. The van der Waals surface area contributed by atoms with Crippen molar-refractivity contribution in [1.82, 2.24) is 15.4 Å². The molecule has 0 aliphatic carbocycles. The molecule has 1 saturated heterocycles. The van der Waals surface area contributed by atoms with Crippen molar-refractivity contribution in [2.24, 2.45) is 11.8 Å². The van der Waals surface area contributed by atoms with Gasteiger partial charge in [-0.15, -0.1) is 0 Å². The van der Waals surface area contributed by atoms with Gasteiger partial charge in [0, 0.05) is 32.4 Å². The highest BCUT2D eigenvalue weighted by Gasteiger charge is 2.36. The number of aliphatic hydroxyl groups excluding tert-OH is 1. The SMILES string of the molecule is CC(C)C[C@H](C(=O)N1CCN(c2ccccn2)CC1)[C@@H](O)C(=O)NO. The molecule has 1 aliphatic rings. The summed E-state index contributed by atoms with van der Waals surface area (Å²) in [4.78, 5) is 32.4. The Hall–Kier alpha value is -2.19. The van der Waals surface area contributed by atoms with Crippen LogP contribution in [0.2, 0.25) is 0 Å². The number of aromatic nitrogens is 1. The molecule has 2 atom stereocenters. The first kappa shape index (κ1) is 19.1. The van der Waals surface area contributed by atoms with Gasteiger partial charge >= 0.3 is 0 Å². The molecule has 0 unspecified atom stereocenters. The number of nitrogens with zero attached hydrogens (tertiary/aromatic N) is 3. The van der Waals surface area contributed by atoms with E-state index in [1.807, 2.05) is 32.0 Å². The van der Waals surface area contributed by atoms with Crippen LogP contribution in [-0.4, -0.2) is 64.3 Å². The molecule has 1 aromatic rings. The van der Waals surface area contributed by atoms with Gasteiger partial charge in [-0.1, -0.05) is 19.9 Å². The van der Waals surface area contributed by atoms with E-state index in [2.05, 4.69) is 9.88 Å². The maximum absolute atomic E-state index is 12.8. The number of hydroxylamine groups is 1. The molecule has 0 bridgehead atoms. The van der Waals surface area contributed by atoms with Gasteiger partial charge < -0.3 is 14.9 Å². The molecular formula is C17H26N4O4. The van der Waals surface area contributed by atoms with Crippen LogP contribution in [0.3, 0.4) is 0 Å². The topological polar surface area (TPSA) is 106 Å². The second-order valence-corrected chi connectivity index (χ2v) is 6.66. The van der Waals surface area contributed by atoms with Crippen molar-refractivity contribution in [3.8, 4) is 0 Å². The van der Waals surface area contributed by atoms with Crippen molar-refractivity contribution in [3.05, 3.63) is 24.4 Å².